The van der Waals surface area contributed by atoms with E-state index < -0.39 is 28.7 Å². The first-order valence-corrected chi connectivity index (χ1v) is 13.3. The molecule has 9 heteroatoms. The number of hydrogen-bond donors (Lipinski definition) is 3. The van der Waals surface area contributed by atoms with Gasteiger partial charge in [-0.15, -0.1) is 11.8 Å². The maximum atomic E-state index is 13.8. The number of unbranched alkanes of at least 4 members (excludes halogenated alkanes) is 2. The highest BCUT2D eigenvalue weighted by Gasteiger charge is 2.76. The van der Waals surface area contributed by atoms with E-state index in [2.05, 4.69) is 33.5 Å². The van der Waals surface area contributed by atoms with Gasteiger partial charge in [-0.1, -0.05) is 56.0 Å². The van der Waals surface area contributed by atoms with Gasteiger partial charge in [0.25, 0.3) is 0 Å². The van der Waals surface area contributed by atoms with Gasteiger partial charge in [0.2, 0.25) is 17.7 Å². The summed E-state index contributed by atoms with van der Waals surface area (Å²) in [5.74, 6) is -1.43. The van der Waals surface area contributed by atoms with Gasteiger partial charge >= 0.3 is 0 Å². The zero-order valence-corrected chi connectivity index (χ0v) is 21.3. The first-order valence-electron chi connectivity index (χ1n) is 11.5. The topological polar surface area (TPSA) is 98.7 Å². The van der Waals surface area contributed by atoms with Crippen LogP contribution in [0.1, 0.15) is 52.9 Å². The molecular weight excluding hydrogens is 482 g/mol. The summed E-state index contributed by atoms with van der Waals surface area (Å²) in [7, 11) is 1.60. The predicted molar refractivity (Wildman–Crippen MR) is 126 cm³/mol. The minimum absolute atomic E-state index is 0.0392. The molecule has 1 spiro atoms. The number of nitrogens with one attached hydrogen (secondary N) is 2. The van der Waals surface area contributed by atoms with Crippen molar-refractivity contribution in [1.29, 1.82) is 0 Å². The number of nitrogens with zero attached hydrogens (tertiary/aromatic N) is 1. The molecule has 3 amide bonds. The number of amides is 3. The summed E-state index contributed by atoms with van der Waals surface area (Å²) in [6.45, 7) is 6.52. The zero-order valence-electron chi connectivity index (χ0n) is 18.9. The lowest BCUT2D eigenvalue weighted by atomic mass is 9.70. The van der Waals surface area contributed by atoms with Crippen LogP contribution in [-0.4, -0.2) is 74.8 Å². The van der Waals surface area contributed by atoms with E-state index in [9.17, 15) is 19.5 Å². The normalized spacial score (nSPS) is 35.7. The number of alkyl halides is 1. The minimum atomic E-state index is -0.678. The molecule has 7 nitrogen and oxygen atoms in total. The Labute approximate surface area is 198 Å². The van der Waals surface area contributed by atoms with E-state index >= 15 is 0 Å². The Morgan fingerprint density at radius 2 is 2.03 bits per heavy atom. The zero-order chi connectivity index (χ0) is 22.9. The Morgan fingerprint density at radius 3 is 2.61 bits per heavy atom. The first kappa shape index (κ1) is 24.8. The summed E-state index contributed by atoms with van der Waals surface area (Å²) >= 11 is 5.37. The fourth-order valence-corrected chi connectivity index (χ4v) is 9.29. The standard InChI is InChI=1S/C22H36BrN3O4S/c1-5-7-8-9-25-20(29)18-22-10-13(23)17(31-22)15(19(28)24-4)16(22)21(30)26(18)14(11-27)12(3)6-2/h12-18,27H,5-11H2,1-4H3,(H,24,28)(H,25,29)/t12-,13?,14-,15-,16-,17-,18?,22?/m0/s1. The van der Waals surface area contributed by atoms with E-state index in [0.29, 0.717) is 13.0 Å². The van der Waals surface area contributed by atoms with Crippen LogP contribution in [0.25, 0.3) is 0 Å². The molecule has 0 radical (unpaired) electrons. The first-order chi connectivity index (χ1) is 14.8. The molecule has 3 fully saturated rings. The molecule has 0 aliphatic carbocycles. The number of fused-ring (bicyclic) bond motifs is 1. The highest BCUT2D eigenvalue weighted by Crippen LogP contribution is 2.68. The number of thioether (sulfide) groups is 1. The molecule has 3 saturated heterocycles. The molecule has 0 aromatic heterocycles. The molecule has 8 atom stereocenters. The van der Waals surface area contributed by atoms with E-state index in [1.54, 1.807) is 23.7 Å². The SMILES string of the molecule is CCCCCNC(=O)C1N([C@@H](CO)[C@@H](C)CC)C(=O)[C@@H]2[C@H](C(=O)NC)[C@H]3SC12CC3Br. The monoisotopic (exact) mass is 517 g/mol. The lowest BCUT2D eigenvalue weighted by Gasteiger charge is -2.39. The second-order valence-electron chi connectivity index (χ2n) is 9.16. The molecule has 0 aromatic rings. The van der Waals surface area contributed by atoms with Gasteiger partial charge in [0.15, 0.2) is 0 Å². The van der Waals surface area contributed by atoms with E-state index in [1.165, 1.54) is 0 Å². The van der Waals surface area contributed by atoms with Gasteiger partial charge in [0.05, 0.1) is 29.2 Å². The van der Waals surface area contributed by atoms with Crippen LogP contribution in [0.2, 0.25) is 0 Å². The second-order valence-corrected chi connectivity index (χ2v) is 11.9. The molecule has 0 aromatic carbocycles. The molecular formula is C22H36BrN3O4S. The molecule has 31 heavy (non-hydrogen) atoms. The van der Waals surface area contributed by atoms with Crippen molar-refractivity contribution in [3.8, 4) is 0 Å². The van der Waals surface area contributed by atoms with E-state index in [1.807, 2.05) is 13.8 Å². The number of carbonyl (C=O) groups is 3. The van der Waals surface area contributed by atoms with Crippen LogP contribution in [0.3, 0.4) is 0 Å². The number of likely N-dealkylation sites (tertiary alicyclic amines) is 1. The number of aliphatic hydroxyl groups is 1. The van der Waals surface area contributed by atoms with Gasteiger partial charge in [-0.25, -0.2) is 0 Å². The van der Waals surface area contributed by atoms with Crippen LogP contribution in [0.5, 0.6) is 0 Å². The molecule has 0 saturated carbocycles. The summed E-state index contributed by atoms with van der Waals surface area (Å²) < 4.78 is -0.650. The molecule has 2 bridgehead atoms. The minimum Gasteiger partial charge on any atom is -0.394 e. The van der Waals surface area contributed by atoms with Crippen molar-refractivity contribution < 1.29 is 19.5 Å². The molecule has 3 aliphatic rings. The van der Waals surface area contributed by atoms with Gasteiger partial charge in [0, 0.05) is 23.7 Å². The molecule has 3 N–H and O–H groups in total. The summed E-state index contributed by atoms with van der Waals surface area (Å²) in [6, 6.07) is -1.12. The third-order valence-electron chi connectivity index (χ3n) is 7.45. The van der Waals surface area contributed by atoms with Crippen molar-refractivity contribution in [3.05, 3.63) is 0 Å². The summed E-state index contributed by atoms with van der Waals surface area (Å²) in [4.78, 5) is 41.9. The lowest BCUT2D eigenvalue weighted by Crippen LogP contribution is -2.58. The quantitative estimate of drug-likeness (QED) is 0.303. The number of aliphatic hydroxyl groups excluding tert-OH is 1. The van der Waals surface area contributed by atoms with Crippen molar-refractivity contribution in [2.75, 3.05) is 20.2 Å². The number of carbonyl (C=O) groups excluding carboxylic acids is 3. The van der Waals surface area contributed by atoms with Gasteiger partial charge in [-0.3, -0.25) is 14.4 Å². The smallest absolute Gasteiger partial charge is 0.244 e. The number of halogens is 1. The van der Waals surface area contributed by atoms with Gasteiger partial charge in [-0.2, -0.15) is 0 Å². The number of hydrogen-bond acceptors (Lipinski definition) is 5. The lowest BCUT2D eigenvalue weighted by molar-refractivity contribution is -0.143. The van der Waals surface area contributed by atoms with Crippen LogP contribution >= 0.6 is 27.7 Å². The maximum absolute atomic E-state index is 13.8. The van der Waals surface area contributed by atoms with Crippen LogP contribution in [0.4, 0.5) is 0 Å². The molecule has 3 heterocycles. The van der Waals surface area contributed by atoms with Crippen molar-refractivity contribution in [2.24, 2.45) is 17.8 Å². The van der Waals surface area contributed by atoms with Crippen molar-refractivity contribution in [1.82, 2.24) is 15.5 Å². The molecule has 3 aliphatic heterocycles. The van der Waals surface area contributed by atoms with Crippen LogP contribution < -0.4 is 10.6 Å². The molecule has 3 unspecified atom stereocenters. The van der Waals surface area contributed by atoms with Gasteiger partial charge in [-0.05, 0) is 18.8 Å². The average molecular weight is 519 g/mol. The second kappa shape index (κ2) is 10.00. The Hall–Kier alpha value is -0.800. The summed E-state index contributed by atoms with van der Waals surface area (Å²) in [5, 5.41) is 16.0. The molecule has 3 rings (SSSR count). The highest BCUT2D eigenvalue weighted by atomic mass is 79.9. The molecule has 176 valence electrons. The Bertz CT molecular complexity index is 710. The van der Waals surface area contributed by atoms with Crippen molar-refractivity contribution in [2.45, 2.75) is 79.8 Å². The summed E-state index contributed by atoms with van der Waals surface area (Å²) in [6.07, 6.45) is 4.44. The Kier molecular flexibility index (Phi) is 8.01. The van der Waals surface area contributed by atoms with E-state index in [0.717, 1.165) is 25.7 Å². The van der Waals surface area contributed by atoms with Crippen LogP contribution in [0, 0.1) is 17.8 Å². The average Bonchev–Trinajstić information content (AvgIpc) is 3.35. The Morgan fingerprint density at radius 1 is 1.32 bits per heavy atom. The third-order valence-corrected chi connectivity index (χ3v) is 10.7. The van der Waals surface area contributed by atoms with E-state index in [4.69, 9.17) is 0 Å². The fraction of sp³-hybridized carbons (Fsp3) is 0.864. The number of rotatable bonds is 10. The van der Waals surface area contributed by atoms with Crippen LogP contribution in [0.15, 0.2) is 0 Å². The highest BCUT2D eigenvalue weighted by molar-refractivity contribution is 9.09. The van der Waals surface area contributed by atoms with Gasteiger partial charge in [0.1, 0.15) is 6.04 Å². The fourth-order valence-electron chi connectivity index (χ4n) is 5.69. The van der Waals surface area contributed by atoms with Crippen molar-refractivity contribution in [3.63, 3.8) is 0 Å². The Balaban J connectivity index is 2.01. The predicted octanol–water partition coefficient (Wildman–Crippen LogP) is 1.91. The summed E-state index contributed by atoms with van der Waals surface area (Å²) in [5.41, 5.74) is 0. The van der Waals surface area contributed by atoms with Crippen LogP contribution in [-0.2, 0) is 14.4 Å². The van der Waals surface area contributed by atoms with E-state index in [-0.39, 0.29) is 40.3 Å². The maximum Gasteiger partial charge on any atom is 0.244 e. The van der Waals surface area contributed by atoms with Crippen molar-refractivity contribution >= 4 is 45.4 Å². The largest absolute Gasteiger partial charge is 0.394 e. The third kappa shape index (κ3) is 4.03. The van der Waals surface area contributed by atoms with Gasteiger partial charge < -0.3 is 20.6 Å².